The molecule has 0 amide bonds. The molecule has 1 aliphatic heterocycles. The summed E-state index contributed by atoms with van der Waals surface area (Å²) in [6.07, 6.45) is 7.61. The van der Waals surface area contributed by atoms with Crippen LogP contribution in [0, 0.1) is 0 Å². The molecule has 2 unspecified atom stereocenters. The standard InChI is InChI=1S/C10H22N2O/c1-2-3-6-9(12-11)10-7-4-5-8-13-10/h9-10,12H,2-8,11H2,1H3. The molecule has 0 aromatic carbocycles. The summed E-state index contributed by atoms with van der Waals surface area (Å²) >= 11 is 0. The van der Waals surface area contributed by atoms with Crippen LogP contribution in [0.25, 0.3) is 0 Å². The molecule has 1 heterocycles. The maximum absolute atomic E-state index is 5.69. The molecular formula is C10H22N2O. The average Bonchev–Trinajstić information content (AvgIpc) is 2.21. The number of hydrazine groups is 1. The van der Waals surface area contributed by atoms with Crippen LogP contribution in [-0.2, 0) is 4.74 Å². The van der Waals surface area contributed by atoms with Gasteiger partial charge in [-0.2, -0.15) is 0 Å². The van der Waals surface area contributed by atoms with Gasteiger partial charge in [0.25, 0.3) is 0 Å². The van der Waals surface area contributed by atoms with Gasteiger partial charge in [-0.3, -0.25) is 11.3 Å². The van der Waals surface area contributed by atoms with E-state index in [2.05, 4.69) is 12.3 Å². The van der Waals surface area contributed by atoms with Crippen molar-refractivity contribution in [3.8, 4) is 0 Å². The van der Waals surface area contributed by atoms with E-state index in [1.807, 2.05) is 0 Å². The highest BCUT2D eigenvalue weighted by Gasteiger charge is 2.22. The second kappa shape index (κ2) is 6.35. The van der Waals surface area contributed by atoms with Crippen LogP contribution in [0.15, 0.2) is 0 Å². The van der Waals surface area contributed by atoms with E-state index >= 15 is 0 Å². The van der Waals surface area contributed by atoms with Crippen molar-refractivity contribution < 1.29 is 4.74 Å². The maximum Gasteiger partial charge on any atom is 0.0741 e. The van der Waals surface area contributed by atoms with Gasteiger partial charge in [-0.15, -0.1) is 0 Å². The minimum atomic E-state index is 0.352. The van der Waals surface area contributed by atoms with Gasteiger partial charge in [-0.1, -0.05) is 19.8 Å². The van der Waals surface area contributed by atoms with Crippen LogP contribution in [0.5, 0.6) is 0 Å². The van der Waals surface area contributed by atoms with E-state index in [9.17, 15) is 0 Å². The molecule has 0 aliphatic carbocycles. The first-order chi connectivity index (χ1) is 6.38. The summed E-state index contributed by atoms with van der Waals surface area (Å²) in [7, 11) is 0. The quantitative estimate of drug-likeness (QED) is 0.506. The van der Waals surface area contributed by atoms with Crippen molar-refractivity contribution in [3.05, 3.63) is 0 Å². The fourth-order valence-electron chi connectivity index (χ4n) is 1.88. The highest BCUT2D eigenvalue weighted by Crippen LogP contribution is 2.18. The van der Waals surface area contributed by atoms with Crippen LogP contribution >= 0.6 is 0 Å². The van der Waals surface area contributed by atoms with Crippen molar-refractivity contribution in [2.75, 3.05) is 6.61 Å². The van der Waals surface area contributed by atoms with E-state index in [1.165, 1.54) is 32.1 Å². The summed E-state index contributed by atoms with van der Waals surface area (Å²) in [6, 6.07) is 0.361. The van der Waals surface area contributed by atoms with E-state index in [-0.39, 0.29) is 0 Å². The van der Waals surface area contributed by atoms with Gasteiger partial charge >= 0.3 is 0 Å². The Morgan fingerprint density at radius 3 is 2.92 bits per heavy atom. The third kappa shape index (κ3) is 3.63. The topological polar surface area (TPSA) is 47.3 Å². The Hall–Kier alpha value is -0.120. The molecule has 3 heteroatoms. The minimum absolute atomic E-state index is 0.352. The normalized spacial score (nSPS) is 25.8. The highest BCUT2D eigenvalue weighted by molar-refractivity contribution is 4.77. The second-order valence-electron chi connectivity index (χ2n) is 3.82. The molecule has 1 saturated heterocycles. The Kier molecular flexibility index (Phi) is 5.35. The van der Waals surface area contributed by atoms with Crippen molar-refractivity contribution in [2.45, 2.75) is 57.6 Å². The van der Waals surface area contributed by atoms with Gasteiger partial charge in [0.15, 0.2) is 0 Å². The Morgan fingerprint density at radius 2 is 2.38 bits per heavy atom. The Labute approximate surface area is 81.0 Å². The van der Waals surface area contributed by atoms with Crippen LogP contribution < -0.4 is 11.3 Å². The summed E-state index contributed by atoms with van der Waals surface area (Å²) in [6.45, 7) is 3.12. The Morgan fingerprint density at radius 1 is 1.54 bits per heavy atom. The number of hydrogen-bond donors (Lipinski definition) is 2. The molecule has 0 spiro atoms. The van der Waals surface area contributed by atoms with Gasteiger partial charge in [0.1, 0.15) is 0 Å². The summed E-state index contributed by atoms with van der Waals surface area (Å²) in [5.74, 6) is 5.51. The van der Waals surface area contributed by atoms with E-state index < -0.39 is 0 Å². The highest BCUT2D eigenvalue weighted by atomic mass is 16.5. The Balaban J connectivity index is 2.26. The number of nitrogens with two attached hydrogens (primary N) is 1. The van der Waals surface area contributed by atoms with Gasteiger partial charge in [-0.25, -0.2) is 0 Å². The fraction of sp³-hybridized carbons (Fsp3) is 1.00. The molecular weight excluding hydrogens is 164 g/mol. The number of rotatable bonds is 5. The molecule has 1 rings (SSSR count). The molecule has 2 atom stereocenters. The molecule has 13 heavy (non-hydrogen) atoms. The molecule has 1 aliphatic rings. The fourth-order valence-corrected chi connectivity index (χ4v) is 1.88. The van der Waals surface area contributed by atoms with Crippen LogP contribution in [-0.4, -0.2) is 18.8 Å². The third-order valence-corrected chi connectivity index (χ3v) is 2.75. The average molecular weight is 186 g/mol. The molecule has 78 valence electrons. The van der Waals surface area contributed by atoms with Crippen molar-refractivity contribution in [1.29, 1.82) is 0 Å². The predicted octanol–water partition coefficient (Wildman–Crippen LogP) is 1.58. The smallest absolute Gasteiger partial charge is 0.0741 e. The predicted molar refractivity (Wildman–Crippen MR) is 54.2 cm³/mol. The molecule has 3 nitrogen and oxygen atoms in total. The number of nitrogens with one attached hydrogen (secondary N) is 1. The first-order valence-electron chi connectivity index (χ1n) is 5.46. The van der Waals surface area contributed by atoms with Crippen molar-refractivity contribution in [2.24, 2.45) is 5.84 Å². The van der Waals surface area contributed by atoms with Gasteiger partial charge in [0.2, 0.25) is 0 Å². The van der Waals surface area contributed by atoms with Gasteiger partial charge in [0, 0.05) is 12.6 Å². The first kappa shape index (κ1) is 11.0. The summed E-state index contributed by atoms with van der Waals surface area (Å²) < 4.78 is 5.69. The van der Waals surface area contributed by atoms with Gasteiger partial charge in [0.05, 0.1) is 6.10 Å². The maximum atomic E-state index is 5.69. The van der Waals surface area contributed by atoms with Crippen LogP contribution in [0.2, 0.25) is 0 Å². The van der Waals surface area contributed by atoms with Crippen molar-refractivity contribution in [3.63, 3.8) is 0 Å². The number of unbranched alkanes of at least 4 members (excludes halogenated alkanes) is 1. The molecule has 0 saturated carbocycles. The van der Waals surface area contributed by atoms with Crippen LogP contribution in [0.1, 0.15) is 45.4 Å². The molecule has 0 bridgehead atoms. The monoisotopic (exact) mass is 186 g/mol. The van der Waals surface area contributed by atoms with E-state index in [0.717, 1.165) is 13.0 Å². The van der Waals surface area contributed by atoms with Gasteiger partial charge < -0.3 is 4.74 Å². The van der Waals surface area contributed by atoms with Crippen molar-refractivity contribution >= 4 is 0 Å². The van der Waals surface area contributed by atoms with Crippen molar-refractivity contribution in [1.82, 2.24) is 5.43 Å². The lowest BCUT2D eigenvalue weighted by Crippen LogP contribution is -2.46. The van der Waals surface area contributed by atoms with E-state index in [4.69, 9.17) is 10.6 Å². The summed E-state index contributed by atoms with van der Waals surface area (Å²) in [5, 5.41) is 0. The lowest BCUT2D eigenvalue weighted by molar-refractivity contribution is -0.00969. The van der Waals surface area contributed by atoms with E-state index in [0.29, 0.717) is 12.1 Å². The molecule has 1 fully saturated rings. The zero-order valence-corrected chi connectivity index (χ0v) is 8.59. The minimum Gasteiger partial charge on any atom is -0.377 e. The zero-order valence-electron chi connectivity index (χ0n) is 8.59. The molecule has 3 N–H and O–H groups in total. The third-order valence-electron chi connectivity index (χ3n) is 2.75. The number of ether oxygens (including phenoxy) is 1. The van der Waals surface area contributed by atoms with E-state index in [1.54, 1.807) is 0 Å². The molecule has 0 radical (unpaired) electrons. The van der Waals surface area contributed by atoms with Crippen LogP contribution in [0.3, 0.4) is 0 Å². The Bertz CT molecular complexity index is 124. The lowest BCUT2D eigenvalue weighted by atomic mass is 9.98. The first-order valence-corrected chi connectivity index (χ1v) is 5.46. The largest absolute Gasteiger partial charge is 0.377 e. The summed E-state index contributed by atoms with van der Waals surface area (Å²) in [4.78, 5) is 0. The SMILES string of the molecule is CCCCC(NN)C1CCCCO1. The van der Waals surface area contributed by atoms with Gasteiger partial charge in [-0.05, 0) is 25.7 Å². The lowest BCUT2D eigenvalue weighted by Gasteiger charge is -2.29. The molecule has 0 aromatic heterocycles. The number of hydrogen-bond acceptors (Lipinski definition) is 3. The zero-order chi connectivity index (χ0) is 9.52. The molecule has 0 aromatic rings. The van der Waals surface area contributed by atoms with Crippen LogP contribution in [0.4, 0.5) is 0 Å². The summed E-state index contributed by atoms with van der Waals surface area (Å²) in [5.41, 5.74) is 2.88. The second-order valence-corrected chi connectivity index (χ2v) is 3.82.